The molecule has 8 heteroatoms. The number of carbonyl (C=O) groups excluding carboxylic acids is 2. The minimum Gasteiger partial charge on any atom is -0.343 e. The molecule has 1 aliphatic rings. The van der Waals surface area contributed by atoms with Gasteiger partial charge in [0.05, 0.1) is 16.1 Å². The van der Waals surface area contributed by atoms with Gasteiger partial charge in [-0.1, -0.05) is 36.4 Å². The molecule has 1 aliphatic heterocycles. The van der Waals surface area contributed by atoms with E-state index in [4.69, 9.17) is 0 Å². The smallest absolute Gasteiger partial charge is 0.266 e. The summed E-state index contributed by atoms with van der Waals surface area (Å²) in [5.74, 6) is -0.103. The monoisotopic (exact) mass is 485 g/mol. The van der Waals surface area contributed by atoms with Crippen LogP contribution in [0.5, 0.6) is 0 Å². The molecule has 1 saturated heterocycles. The molecule has 3 heterocycles. The third-order valence-corrected chi connectivity index (χ3v) is 7.33. The van der Waals surface area contributed by atoms with Crippen LogP contribution in [0.15, 0.2) is 53.9 Å². The summed E-state index contributed by atoms with van der Waals surface area (Å²) >= 11 is 1.44. The van der Waals surface area contributed by atoms with Crippen LogP contribution in [-0.2, 0) is 11.3 Å². The topological polar surface area (TPSA) is 81.3 Å². The average Bonchev–Trinajstić information content (AvgIpc) is 3.50. The molecule has 2 aromatic heterocycles. The Bertz CT molecular complexity index is 1380. The van der Waals surface area contributed by atoms with E-state index in [0.29, 0.717) is 4.88 Å². The van der Waals surface area contributed by atoms with Gasteiger partial charge in [0.25, 0.3) is 5.91 Å². The fourth-order valence-electron chi connectivity index (χ4n) is 4.31. The van der Waals surface area contributed by atoms with Gasteiger partial charge in [-0.25, -0.2) is 0 Å². The molecule has 4 aromatic rings. The van der Waals surface area contributed by atoms with Gasteiger partial charge in [-0.15, -0.1) is 11.3 Å². The molecule has 0 unspecified atom stereocenters. The fraction of sp³-hybridized carbons (Fsp3) is 0.222. The SMILES string of the molecule is Cc1ccsc1C(=O)Nc1cc(CN2CCN(C=O)CC2)ccc1C=Cc1n[nH]c2ccccc12. The summed E-state index contributed by atoms with van der Waals surface area (Å²) in [4.78, 5) is 28.9. The molecule has 0 spiro atoms. The lowest BCUT2D eigenvalue weighted by Gasteiger charge is -2.32. The fourth-order valence-corrected chi connectivity index (χ4v) is 5.13. The highest BCUT2D eigenvalue weighted by Gasteiger charge is 2.17. The van der Waals surface area contributed by atoms with Gasteiger partial charge in [-0.2, -0.15) is 5.10 Å². The van der Waals surface area contributed by atoms with Crippen molar-refractivity contribution in [3.8, 4) is 0 Å². The lowest BCUT2D eigenvalue weighted by Crippen LogP contribution is -2.45. The second-order valence-corrected chi connectivity index (χ2v) is 9.63. The first-order chi connectivity index (χ1) is 17.1. The molecule has 0 bridgehead atoms. The number of nitrogens with one attached hydrogen (secondary N) is 2. The van der Waals surface area contributed by atoms with E-state index in [-0.39, 0.29) is 5.91 Å². The maximum absolute atomic E-state index is 13.0. The molecule has 0 aliphatic carbocycles. The summed E-state index contributed by atoms with van der Waals surface area (Å²) in [6.07, 6.45) is 4.88. The highest BCUT2D eigenvalue weighted by Crippen LogP contribution is 2.25. The summed E-state index contributed by atoms with van der Waals surface area (Å²) in [5.41, 5.74) is 5.60. The number of rotatable bonds is 7. The number of carbonyl (C=O) groups is 2. The van der Waals surface area contributed by atoms with Crippen LogP contribution in [0.3, 0.4) is 0 Å². The molecule has 2 N–H and O–H groups in total. The van der Waals surface area contributed by atoms with Crippen LogP contribution in [-0.4, -0.2) is 58.5 Å². The Hall–Kier alpha value is -3.75. The van der Waals surface area contributed by atoms with Gasteiger partial charge in [0.2, 0.25) is 6.41 Å². The van der Waals surface area contributed by atoms with Crippen molar-refractivity contribution in [3.63, 3.8) is 0 Å². The van der Waals surface area contributed by atoms with Crippen molar-refractivity contribution in [1.29, 1.82) is 0 Å². The lowest BCUT2D eigenvalue weighted by molar-refractivity contribution is -0.119. The first-order valence-electron chi connectivity index (χ1n) is 11.6. The van der Waals surface area contributed by atoms with E-state index in [1.807, 2.05) is 60.9 Å². The molecule has 0 atom stereocenters. The Morgan fingerprint density at radius 2 is 1.94 bits per heavy atom. The molecule has 2 amide bonds. The average molecular weight is 486 g/mol. The van der Waals surface area contributed by atoms with Gasteiger partial charge in [-0.3, -0.25) is 19.6 Å². The number of para-hydroxylation sites is 1. The van der Waals surface area contributed by atoms with E-state index in [1.54, 1.807) is 4.90 Å². The van der Waals surface area contributed by atoms with Crippen molar-refractivity contribution in [2.75, 3.05) is 31.5 Å². The number of nitrogens with zero attached hydrogens (tertiary/aromatic N) is 3. The number of aromatic amines is 1. The number of anilines is 1. The van der Waals surface area contributed by atoms with E-state index in [1.165, 1.54) is 11.3 Å². The molecule has 0 saturated carbocycles. The van der Waals surface area contributed by atoms with Crippen molar-refractivity contribution in [1.82, 2.24) is 20.0 Å². The van der Waals surface area contributed by atoms with E-state index in [0.717, 1.165) is 78.1 Å². The van der Waals surface area contributed by atoms with Crippen molar-refractivity contribution in [2.45, 2.75) is 13.5 Å². The summed E-state index contributed by atoms with van der Waals surface area (Å²) in [7, 11) is 0. The van der Waals surface area contributed by atoms with Crippen LogP contribution in [0.25, 0.3) is 23.1 Å². The summed E-state index contributed by atoms with van der Waals surface area (Å²) in [5, 5.41) is 13.6. The second-order valence-electron chi connectivity index (χ2n) is 8.71. The molecule has 0 radical (unpaired) electrons. The Kier molecular flexibility index (Phi) is 6.74. The molecule has 35 heavy (non-hydrogen) atoms. The highest BCUT2D eigenvalue weighted by atomic mass is 32.1. The minimum absolute atomic E-state index is 0.103. The number of thiophene rings is 1. The van der Waals surface area contributed by atoms with Crippen LogP contribution in [0.1, 0.15) is 32.1 Å². The zero-order chi connectivity index (χ0) is 24.2. The highest BCUT2D eigenvalue weighted by molar-refractivity contribution is 7.12. The van der Waals surface area contributed by atoms with Crippen LogP contribution < -0.4 is 5.32 Å². The Labute approximate surface area is 208 Å². The first-order valence-corrected chi connectivity index (χ1v) is 12.5. The van der Waals surface area contributed by atoms with E-state index in [2.05, 4.69) is 32.5 Å². The molecule has 178 valence electrons. The third-order valence-electron chi connectivity index (χ3n) is 6.32. The molecule has 5 rings (SSSR count). The number of aromatic nitrogens is 2. The van der Waals surface area contributed by atoms with Gasteiger partial charge in [0.15, 0.2) is 0 Å². The summed E-state index contributed by atoms with van der Waals surface area (Å²) in [6.45, 7) is 5.86. The Morgan fingerprint density at radius 1 is 1.11 bits per heavy atom. The van der Waals surface area contributed by atoms with Crippen molar-refractivity contribution >= 4 is 52.4 Å². The van der Waals surface area contributed by atoms with Gasteiger partial charge in [0.1, 0.15) is 0 Å². The van der Waals surface area contributed by atoms with Crippen LogP contribution >= 0.6 is 11.3 Å². The number of amides is 2. The van der Waals surface area contributed by atoms with Gasteiger partial charge in [0, 0.05) is 43.8 Å². The standard InChI is InChI=1S/C27H27N5O2S/c1-19-10-15-35-26(19)27(34)28-25-16-20(17-31-11-13-32(18-33)14-12-31)6-7-21(25)8-9-24-22-4-2-3-5-23(22)29-30-24/h2-10,15-16,18H,11-14,17H2,1H3,(H,28,34)(H,29,30). The number of H-pyrrole nitrogens is 1. The predicted octanol–water partition coefficient (Wildman–Crippen LogP) is 4.63. The molecule has 7 nitrogen and oxygen atoms in total. The second kappa shape index (κ2) is 10.2. The lowest BCUT2D eigenvalue weighted by atomic mass is 10.1. The third kappa shape index (κ3) is 5.18. The molecule has 2 aromatic carbocycles. The number of benzene rings is 2. The number of fused-ring (bicyclic) bond motifs is 1. The largest absolute Gasteiger partial charge is 0.343 e. The number of piperazine rings is 1. The van der Waals surface area contributed by atoms with Gasteiger partial charge >= 0.3 is 0 Å². The number of aryl methyl sites for hydroxylation is 1. The van der Waals surface area contributed by atoms with Crippen LogP contribution in [0.2, 0.25) is 0 Å². The van der Waals surface area contributed by atoms with Crippen molar-refractivity contribution in [3.05, 3.63) is 81.2 Å². The number of hydrogen-bond donors (Lipinski definition) is 2. The zero-order valence-corrected chi connectivity index (χ0v) is 20.3. The van der Waals surface area contributed by atoms with Crippen molar-refractivity contribution in [2.24, 2.45) is 0 Å². The molecular formula is C27H27N5O2S. The normalized spacial score (nSPS) is 14.6. The van der Waals surface area contributed by atoms with Gasteiger partial charge in [-0.05, 0) is 53.3 Å². The maximum atomic E-state index is 13.0. The first kappa shape index (κ1) is 23.0. The zero-order valence-electron chi connectivity index (χ0n) is 19.5. The van der Waals surface area contributed by atoms with Crippen molar-refractivity contribution < 1.29 is 9.59 Å². The van der Waals surface area contributed by atoms with E-state index >= 15 is 0 Å². The van der Waals surface area contributed by atoms with E-state index in [9.17, 15) is 9.59 Å². The van der Waals surface area contributed by atoms with E-state index < -0.39 is 0 Å². The molecule has 1 fully saturated rings. The summed E-state index contributed by atoms with van der Waals surface area (Å²) in [6, 6.07) is 16.2. The summed E-state index contributed by atoms with van der Waals surface area (Å²) < 4.78 is 0. The van der Waals surface area contributed by atoms with Gasteiger partial charge < -0.3 is 10.2 Å². The van der Waals surface area contributed by atoms with Crippen LogP contribution in [0, 0.1) is 6.92 Å². The minimum atomic E-state index is -0.103. The Morgan fingerprint density at radius 3 is 2.71 bits per heavy atom. The predicted molar refractivity (Wildman–Crippen MR) is 141 cm³/mol. The quantitative estimate of drug-likeness (QED) is 0.374. The van der Waals surface area contributed by atoms with Crippen LogP contribution in [0.4, 0.5) is 5.69 Å². The Balaban J connectivity index is 1.41. The maximum Gasteiger partial charge on any atom is 0.266 e. The molecular weight excluding hydrogens is 458 g/mol. The number of hydrogen-bond acceptors (Lipinski definition) is 5.